The summed E-state index contributed by atoms with van der Waals surface area (Å²) < 4.78 is 2.62. The molecule has 47 heavy (non-hydrogen) atoms. The Balaban J connectivity index is 1.19. The molecular formula is C44H28N2S. The molecule has 0 unspecified atom stereocenters. The van der Waals surface area contributed by atoms with Crippen LogP contribution in [0.3, 0.4) is 0 Å². The topological polar surface area (TPSA) is 25.8 Å². The van der Waals surface area contributed by atoms with Gasteiger partial charge < -0.3 is 0 Å². The van der Waals surface area contributed by atoms with Gasteiger partial charge in [-0.05, 0) is 57.3 Å². The molecule has 0 radical (unpaired) electrons. The Kier molecular flexibility index (Phi) is 6.69. The van der Waals surface area contributed by atoms with E-state index < -0.39 is 0 Å². The second-order valence-electron chi connectivity index (χ2n) is 11.8. The lowest BCUT2D eigenvalue weighted by molar-refractivity contribution is 1.18. The van der Waals surface area contributed by atoms with E-state index in [1.165, 1.54) is 53.2 Å². The van der Waals surface area contributed by atoms with E-state index in [0.29, 0.717) is 5.82 Å². The van der Waals surface area contributed by atoms with Gasteiger partial charge in [-0.3, -0.25) is 0 Å². The van der Waals surface area contributed by atoms with Crippen molar-refractivity contribution in [1.82, 2.24) is 9.97 Å². The number of thiophene rings is 1. The molecule has 9 rings (SSSR count). The highest BCUT2D eigenvalue weighted by Crippen LogP contribution is 2.40. The van der Waals surface area contributed by atoms with Gasteiger partial charge in [0.2, 0.25) is 0 Å². The first kappa shape index (κ1) is 27.4. The van der Waals surface area contributed by atoms with Gasteiger partial charge in [-0.25, -0.2) is 9.97 Å². The Bertz CT molecular complexity index is 2560. The lowest BCUT2D eigenvalue weighted by atomic mass is 9.98. The van der Waals surface area contributed by atoms with Crippen LogP contribution in [-0.4, -0.2) is 9.97 Å². The van der Waals surface area contributed by atoms with Gasteiger partial charge in [-0.15, -0.1) is 11.3 Å². The summed E-state index contributed by atoms with van der Waals surface area (Å²) in [7, 11) is 0. The van der Waals surface area contributed by atoms with Gasteiger partial charge in [-0.2, -0.15) is 0 Å². The quantitative estimate of drug-likeness (QED) is 0.192. The Labute approximate surface area is 277 Å². The molecule has 0 bridgehead atoms. The van der Waals surface area contributed by atoms with Crippen molar-refractivity contribution < 1.29 is 0 Å². The van der Waals surface area contributed by atoms with E-state index in [1.54, 1.807) is 0 Å². The van der Waals surface area contributed by atoms with E-state index in [1.807, 2.05) is 17.4 Å². The van der Waals surface area contributed by atoms with Crippen LogP contribution in [0, 0.1) is 0 Å². The van der Waals surface area contributed by atoms with Gasteiger partial charge >= 0.3 is 0 Å². The van der Waals surface area contributed by atoms with Crippen molar-refractivity contribution in [1.29, 1.82) is 0 Å². The van der Waals surface area contributed by atoms with Gasteiger partial charge in [0.15, 0.2) is 5.82 Å². The molecule has 0 spiro atoms. The van der Waals surface area contributed by atoms with Crippen LogP contribution < -0.4 is 0 Å². The van der Waals surface area contributed by atoms with Gasteiger partial charge in [-0.1, -0.05) is 146 Å². The second kappa shape index (κ2) is 11.5. The summed E-state index contributed by atoms with van der Waals surface area (Å²) in [4.78, 5) is 10.3. The van der Waals surface area contributed by atoms with Crippen LogP contribution in [0.4, 0.5) is 0 Å². The standard InChI is InChI=1S/C44H28N2S/c1-2-10-29(11-3-1)31-20-23-32(24-21-31)40-28-41(46-44(45-40)36-25-22-30-12-4-5-13-33(30)26-36)35-15-8-14-34(27-35)37-17-9-18-39-38-16-6-7-19-42(38)47-43(37)39/h1-28H. The fourth-order valence-corrected chi connectivity index (χ4v) is 7.72. The number of benzene rings is 7. The van der Waals surface area contributed by atoms with Crippen LogP contribution in [0.1, 0.15) is 0 Å². The fourth-order valence-electron chi connectivity index (χ4n) is 6.49. The Morgan fingerprint density at radius 2 is 0.979 bits per heavy atom. The van der Waals surface area contributed by atoms with E-state index in [4.69, 9.17) is 9.97 Å². The molecule has 0 aliphatic heterocycles. The number of rotatable bonds is 5. The van der Waals surface area contributed by atoms with E-state index >= 15 is 0 Å². The van der Waals surface area contributed by atoms with Crippen molar-refractivity contribution in [3.63, 3.8) is 0 Å². The first-order valence-electron chi connectivity index (χ1n) is 15.8. The average molecular weight is 617 g/mol. The number of hydrogen-bond donors (Lipinski definition) is 0. The van der Waals surface area contributed by atoms with Crippen molar-refractivity contribution in [2.24, 2.45) is 0 Å². The van der Waals surface area contributed by atoms with E-state index in [0.717, 1.165) is 28.1 Å². The molecule has 3 heteroatoms. The molecule has 0 aliphatic carbocycles. The zero-order chi connectivity index (χ0) is 31.2. The normalized spacial score (nSPS) is 11.4. The zero-order valence-corrected chi connectivity index (χ0v) is 26.3. The van der Waals surface area contributed by atoms with E-state index in [2.05, 4.69) is 164 Å². The molecule has 9 aromatic rings. The van der Waals surface area contributed by atoms with Crippen molar-refractivity contribution in [3.8, 4) is 56.2 Å². The molecule has 0 N–H and O–H groups in total. The molecule has 0 amide bonds. The minimum atomic E-state index is 0.715. The third-order valence-electron chi connectivity index (χ3n) is 8.90. The van der Waals surface area contributed by atoms with Gasteiger partial charge in [0.1, 0.15) is 0 Å². The monoisotopic (exact) mass is 616 g/mol. The summed E-state index contributed by atoms with van der Waals surface area (Å²) in [5, 5.41) is 4.98. The molecule has 0 aliphatic rings. The third kappa shape index (κ3) is 5.07. The first-order chi connectivity index (χ1) is 23.3. The predicted octanol–water partition coefficient (Wildman–Crippen LogP) is 12.3. The molecular weight excluding hydrogens is 589 g/mol. The van der Waals surface area contributed by atoms with Crippen molar-refractivity contribution in [2.45, 2.75) is 0 Å². The first-order valence-corrected chi connectivity index (χ1v) is 16.6. The molecule has 2 heterocycles. The minimum absolute atomic E-state index is 0.715. The van der Waals surface area contributed by atoms with Crippen LogP contribution in [0.2, 0.25) is 0 Å². The number of hydrogen-bond acceptors (Lipinski definition) is 3. The smallest absolute Gasteiger partial charge is 0.160 e. The minimum Gasteiger partial charge on any atom is -0.228 e. The van der Waals surface area contributed by atoms with Crippen LogP contribution in [0.15, 0.2) is 170 Å². The molecule has 2 nitrogen and oxygen atoms in total. The maximum Gasteiger partial charge on any atom is 0.160 e. The molecule has 0 atom stereocenters. The molecule has 0 fully saturated rings. The Hall–Kier alpha value is -5.90. The van der Waals surface area contributed by atoms with Crippen LogP contribution in [-0.2, 0) is 0 Å². The van der Waals surface area contributed by atoms with Crippen LogP contribution >= 0.6 is 11.3 Å². The summed E-state index contributed by atoms with van der Waals surface area (Å²) in [6.45, 7) is 0. The number of aromatic nitrogens is 2. The van der Waals surface area contributed by atoms with Gasteiger partial charge in [0.05, 0.1) is 11.4 Å². The summed E-state index contributed by atoms with van der Waals surface area (Å²) in [6.07, 6.45) is 0. The van der Waals surface area contributed by atoms with Crippen molar-refractivity contribution in [2.75, 3.05) is 0 Å². The maximum absolute atomic E-state index is 5.19. The Morgan fingerprint density at radius 1 is 0.362 bits per heavy atom. The zero-order valence-electron chi connectivity index (χ0n) is 25.5. The summed E-state index contributed by atoms with van der Waals surface area (Å²) in [5.74, 6) is 0.715. The summed E-state index contributed by atoms with van der Waals surface area (Å²) in [5.41, 5.74) is 9.72. The van der Waals surface area contributed by atoms with E-state index in [-0.39, 0.29) is 0 Å². The summed E-state index contributed by atoms with van der Waals surface area (Å²) >= 11 is 1.86. The molecule has 220 valence electrons. The third-order valence-corrected chi connectivity index (χ3v) is 10.1. The van der Waals surface area contributed by atoms with Gasteiger partial charge in [0.25, 0.3) is 0 Å². The highest BCUT2D eigenvalue weighted by Gasteiger charge is 2.14. The molecule has 2 aromatic heterocycles. The largest absolute Gasteiger partial charge is 0.228 e. The lowest BCUT2D eigenvalue weighted by Crippen LogP contribution is -1.96. The van der Waals surface area contributed by atoms with Crippen molar-refractivity contribution in [3.05, 3.63) is 170 Å². The number of nitrogens with zero attached hydrogens (tertiary/aromatic N) is 2. The van der Waals surface area contributed by atoms with Gasteiger partial charge in [0, 0.05) is 36.9 Å². The predicted molar refractivity (Wildman–Crippen MR) is 200 cm³/mol. The molecule has 7 aromatic carbocycles. The highest BCUT2D eigenvalue weighted by atomic mass is 32.1. The van der Waals surface area contributed by atoms with Crippen LogP contribution in [0.25, 0.3) is 87.1 Å². The second-order valence-corrected chi connectivity index (χ2v) is 12.9. The highest BCUT2D eigenvalue weighted by molar-refractivity contribution is 7.26. The fraction of sp³-hybridized carbons (Fsp3) is 0. The molecule has 0 saturated carbocycles. The summed E-state index contributed by atoms with van der Waals surface area (Å²) in [6, 6.07) is 60.3. The molecule has 0 saturated heterocycles. The van der Waals surface area contributed by atoms with Crippen molar-refractivity contribution >= 4 is 42.3 Å². The average Bonchev–Trinajstić information content (AvgIpc) is 3.54. The SMILES string of the molecule is c1ccc(-c2ccc(-c3cc(-c4cccc(-c5cccc6c5sc5ccccc56)c4)nc(-c4ccc5ccccc5c4)n3)cc2)cc1. The van der Waals surface area contributed by atoms with Crippen LogP contribution in [0.5, 0.6) is 0 Å². The van der Waals surface area contributed by atoms with E-state index in [9.17, 15) is 0 Å². The lowest BCUT2D eigenvalue weighted by Gasteiger charge is -2.12. The maximum atomic E-state index is 5.19. The number of fused-ring (bicyclic) bond motifs is 4. The Morgan fingerprint density at radius 3 is 1.85 bits per heavy atom.